The monoisotopic (exact) mass is 177 g/mol. The Hall–Kier alpha value is -1.64. The molecule has 0 aliphatic heterocycles. The fraction of sp³-hybridized carbons (Fsp3) is 0.100. The molecule has 2 rings (SSSR count). The Bertz CT molecular complexity index is 468. The van der Waals surface area contributed by atoms with Crippen molar-refractivity contribution < 1.29 is 9.50 Å². The van der Waals surface area contributed by atoms with Gasteiger partial charge in [0, 0.05) is 17.6 Å². The molecule has 0 saturated heterocycles. The van der Waals surface area contributed by atoms with Crippen LogP contribution in [0.15, 0.2) is 24.4 Å². The van der Waals surface area contributed by atoms with E-state index in [4.69, 9.17) is 0 Å². The molecule has 0 spiro atoms. The molecule has 0 radical (unpaired) electrons. The minimum Gasteiger partial charge on any atom is -0.506 e. The number of hydrogen-bond acceptors (Lipinski definition) is 2. The lowest BCUT2D eigenvalue weighted by molar-refractivity contribution is 0.474. The molecule has 0 amide bonds. The summed E-state index contributed by atoms with van der Waals surface area (Å²) in [5.74, 6) is -0.556. The molecule has 0 saturated carbocycles. The molecular weight excluding hydrogens is 169 g/mol. The van der Waals surface area contributed by atoms with Crippen molar-refractivity contribution in [3.05, 3.63) is 35.8 Å². The first-order valence-electron chi connectivity index (χ1n) is 3.92. The SMILES string of the molecule is Cc1ccnc2c(O)cc(F)cc12. The van der Waals surface area contributed by atoms with Crippen LogP contribution in [0.2, 0.25) is 0 Å². The lowest BCUT2D eigenvalue weighted by atomic mass is 10.1. The standard InChI is InChI=1S/C10H8FNO/c1-6-2-3-12-10-8(6)4-7(11)5-9(10)13/h2-5,13H,1H3. The predicted octanol–water partition coefficient (Wildman–Crippen LogP) is 2.39. The van der Waals surface area contributed by atoms with E-state index in [0.29, 0.717) is 10.9 Å². The summed E-state index contributed by atoms with van der Waals surface area (Å²) in [6, 6.07) is 4.22. The summed E-state index contributed by atoms with van der Waals surface area (Å²) in [4.78, 5) is 3.97. The van der Waals surface area contributed by atoms with Gasteiger partial charge in [0.1, 0.15) is 17.1 Å². The van der Waals surface area contributed by atoms with Gasteiger partial charge in [0.15, 0.2) is 0 Å². The van der Waals surface area contributed by atoms with Crippen molar-refractivity contribution in [1.82, 2.24) is 4.98 Å². The Morgan fingerprint density at radius 1 is 1.38 bits per heavy atom. The van der Waals surface area contributed by atoms with Crippen LogP contribution < -0.4 is 0 Å². The Morgan fingerprint density at radius 2 is 2.15 bits per heavy atom. The van der Waals surface area contributed by atoms with E-state index in [1.54, 1.807) is 12.3 Å². The highest BCUT2D eigenvalue weighted by Crippen LogP contribution is 2.25. The zero-order valence-electron chi connectivity index (χ0n) is 7.08. The van der Waals surface area contributed by atoms with Crippen LogP contribution in [-0.4, -0.2) is 10.1 Å². The Kier molecular flexibility index (Phi) is 1.65. The highest BCUT2D eigenvalue weighted by Gasteiger charge is 2.05. The number of phenols is 1. The van der Waals surface area contributed by atoms with Gasteiger partial charge >= 0.3 is 0 Å². The van der Waals surface area contributed by atoms with Crippen molar-refractivity contribution in [2.75, 3.05) is 0 Å². The lowest BCUT2D eigenvalue weighted by Gasteiger charge is -2.02. The number of rotatable bonds is 0. The van der Waals surface area contributed by atoms with Crippen LogP contribution >= 0.6 is 0 Å². The summed E-state index contributed by atoms with van der Waals surface area (Å²) in [5.41, 5.74) is 1.35. The molecule has 66 valence electrons. The number of halogens is 1. The molecule has 0 atom stereocenters. The molecule has 0 bridgehead atoms. The van der Waals surface area contributed by atoms with E-state index < -0.39 is 5.82 Å². The zero-order chi connectivity index (χ0) is 9.42. The van der Waals surface area contributed by atoms with Crippen molar-refractivity contribution in [3.8, 4) is 5.75 Å². The summed E-state index contributed by atoms with van der Waals surface area (Å²) in [5, 5.41) is 10.0. The van der Waals surface area contributed by atoms with Crippen LogP contribution in [-0.2, 0) is 0 Å². The first-order chi connectivity index (χ1) is 6.18. The molecule has 0 fully saturated rings. The van der Waals surface area contributed by atoms with Gasteiger partial charge in [-0.15, -0.1) is 0 Å². The molecule has 13 heavy (non-hydrogen) atoms. The van der Waals surface area contributed by atoms with Gasteiger partial charge in [-0.1, -0.05) is 0 Å². The quantitative estimate of drug-likeness (QED) is 0.670. The minimum atomic E-state index is -0.443. The summed E-state index contributed by atoms with van der Waals surface area (Å²) in [6.07, 6.45) is 1.59. The normalized spacial score (nSPS) is 10.6. The number of phenolic OH excluding ortho intramolecular Hbond substituents is 1. The van der Waals surface area contributed by atoms with Crippen molar-refractivity contribution in [3.63, 3.8) is 0 Å². The summed E-state index contributed by atoms with van der Waals surface area (Å²) in [6.45, 7) is 1.85. The smallest absolute Gasteiger partial charge is 0.144 e. The molecule has 1 aromatic heterocycles. The van der Waals surface area contributed by atoms with E-state index in [9.17, 15) is 9.50 Å². The molecule has 2 aromatic rings. The third-order valence-corrected chi connectivity index (χ3v) is 2.01. The van der Waals surface area contributed by atoms with Crippen LogP contribution in [0.5, 0.6) is 5.75 Å². The van der Waals surface area contributed by atoms with Gasteiger partial charge in [-0.2, -0.15) is 0 Å². The van der Waals surface area contributed by atoms with Crippen molar-refractivity contribution in [2.45, 2.75) is 6.92 Å². The van der Waals surface area contributed by atoms with Crippen LogP contribution in [0, 0.1) is 12.7 Å². The summed E-state index contributed by atoms with van der Waals surface area (Å²) < 4.78 is 12.9. The second kappa shape index (κ2) is 2.69. The van der Waals surface area contributed by atoms with Crippen LogP contribution in [0.1, 0.15) is 5.56 Å². The number of nitrogens with zero attached hydrogens (tertiary/aromatic N) is 1. The molecule has 2 nitrogen and oxygen atoms in total. The average Bonchev–Trinajstić information content (AvgIpc) is 2.07. The van der Waals surface area contributed by atoms with Crippen molar-refractivity contribution >= 4 is 10.9 Å². The number of pyridine rings is 1. The van der Waals surface area contributed by atoms with Gasteiger partial charge in [0.05, 0.1) is 0 Å². The minimum absolute atomic E-state index is 0.112. The van der Waals surface area contributed by atoms with E-state index in [0.717, 1.165) is 11.6 Å². The van der Waals surface area contributed by atoms with Gasteiger partial charge in [-0.25, -0.2) is 4.39 Å². The topological polar surface area (TPSA) is 33.1 Å². The third-order valence-electron chi connectivity index (χ3n) is 2.01. The van der Waals surface area contributed by atoms with E-state index in [1.165, 1.54) is 6.07 Å². The molecule has 1 heterocycles. The van der Waals surface area contributed by atoms with Crippen LogP contribution in [0.4, 0.5) is 4.39 Å². The number of hydrogen-bond donors (Lipinski definition) is 1. The second-order valence-electron chi connectivity index (χ2n) is 2.95. The first kappa shape index (κ1) is 7.98. The second-order valence-corrected chi connectivity index (χ2v) is 2.95. The fourth-order valence-corrected chi connectivity index (χ4v) is 1.33. The Morgan fingerprint density at radius 3 is 2.92 bits per heavy atom. The van der Waals surface area contributed by atoms with Crippen molar-refractivity contribution in [1.29, 1.82) is 0 Å². The number of benzene rings is 1. The van der Waals surface area contributed by atoms with E-state index in [1.807, 2.05) is 6.92 Å². The maximum Gasteiger partial charge on any atom is 0.144 e. The van der Waals surface area contributed by atoms with E-state index in [-0.39, 0.29) is 5.75 Å². The van der Waals surface area contributed by atoms with Crippen molar-refractivity contribution in [2.24, 2.45) is 0 Å². The summed E-state index contributed by atoms with van der Waals surface area (Å²) in [7, 11) is 0. The van der Waals surface area contributed by atoms with Gasteiger partial charge in [-0.3, -0.25) is 4.98 Å². The zero-order valence-corrected chi connectivity index (χ0v) is 7.08. The molecule has 1 N–H and O–H groups in total. The number of aryl methyl sites for hydroxylation is 1. The van der Waals surface area contributed by atoms with Crippen LogP contribution in [0.25, 0.3) is 10.9 Å². The van der Waals surface area contributed by atoms with Gasteiger partial charge in [-0.05, 0) is 24.6 Å². The number of aromatic hydroxyl groups is 1. The van der Waals surface area contributed by atoms with Gasteiger partial charge in [0.25, 0.3) is 0 Å². The molecule has 0 aliphatic carbocycles. The van der Waals surface area contributed by atoms with Crippen LogP contribution in [0.3, 0.4) is 0 Å². The molecule has 0 aliphatic rings. The Balaban J connectivity index is 2.94. The lowest BCUT2D eigenvalue weighted by Crippen LogP contribution is -1.84. The van der Waals surface area contributed by atoms with Gasteiger partial charge in [0.2, 0.25) is 0 Å². The molecule has 0 unspecified atom stereocenters. The fourth-order valence-electron chi connectivity index (χ4n) is 1.33. The maximum atomic E-state index is 12.9. The van der Waals surface area contributed by atoms with E-state index in [2.05, 4.69) is 4.98 Å². The highest BCUT2D eigenvalue weighted by atomic mass is 19.1. The predicted molar refractivity (Wildman–Crippen MR) is 48.1 cm³/mol. The Labute approximate surface area is 74.7 Å². The number of aromatic nitrogens is 1. The first-order valence-corrected chi connectivity index (χ1v) is 3.92. The molecule has 1 aromatic carbocycles. The third kappa shape index (κ3) is 1.22. The number of fused-ring (bicyclic) bond motifs is 1. The molecular formula is C10H8FNO. The molecule has 3 heteroatoms. The maximum absolute atomic E-state index is 12.9. The average molecular weight is 177 g/mol. The highest BCUT2D eigenvalue weighted by molar-refractivity contribution is 5.86. The van der Waals surface area contributed by atoms with E-state index >= 15 is 0 Å². The summed E-state index contributed by atoms with van der Waals surface area (Å²) >= 11 is 0. The largest absolute Gasteiger partial charge is 0.506 e. The van der Waals surface area contributed by atoms with Gasteiger partial charge < -0.3 is 5.11 Å².